The fraction of sp³-hybridized carbons (Fsp3) is 0.472. The van der Waals surface area contributed by atoms with Crippen LogP contribution < -0.4 is 9.64 Å². The maximum atomic E-state index is 14.9. The molecule has 0 saturated carbocycles. The van der Waals surface area contributed by atoms with Crippen molar-refractivity contribution in [3.05, 3.63) is 73.8 Å². The maximum Gasteiger partial charge on any atom is 0.250 e. The molecule has 3 aliphatic heterocycles. The number of ether oxygens (including phenoxy) is 2. The molecule has 13 heteroatoms. The summed E-state index contributed by atoms with van der Waals surface area (Å²) >= 11 is 3.79. The number of amides is 3. The summed E-state index contributed by atoms with van der Waals surface area (Å²) in [7, 11) is 0. The molecule has 1 spiro atoms. The highest BCUT2D eigenvalue weighted by Crippen LogP contribution is 2.60. The summed E-state index contributed by atoms with van der Waals surface area (Å²) in [5, 5.41) is 18.0. The smallest absolute Gasteiger partial charge is 0.250 e. The minimum atomic E-state index is -1.23. The van der Waals surface area contributed by atoms with E-state index in [2.05, 4.69) is 39.4 Å². The van der Waals surface area contributed by atoms with Gasteiger partial charge in [-0.2, -0.15) is 0 Å². The fourth-order valence-electron chi connectivity index (χ4n) is 7.75. The zero-order chi connectivity index (χ0) is 34.7. The number of alkyl halides is 1. The number of rotatable bonds is 16. The molecule has 1 N–H and O–H groups in total. The average Bonchev–Trinajstić information content (AvgIpc) is 3.82. The predicted octanol–water partition coefficient (Wildman–Crippen LogP) is 3.93. The van der Waals surface area contributed by atoms with Crippen molar-refractivity contribution in [1.29, 1.82) is 0 Å². The first kappa shape index (κ1) is 34.8. The zero-order valence-corrected chi connectivity index (χ0v) is 29.3. The molecule has 260 valence electrons. The van der Waals surface area contributed by atoms with Crippen LogP contribution in [0.1, 0.15) is 32.6 Å². The molecule has 3 saturated heterocycles. The highest BCUT2D eigenvalue weighted by molar-refractivity contribution is 9.09. The van der Waals surface area contributed by atoms with Gasteiger partial charge in [0.1, 0.15) is 29.6 Å². The number of hydrogen-bond donors (Lipinski definition) is 1. The Hall–Kier alpha value is -4.07. The van der Waals surface area contributed by atoms with Crippen molar-refractivity contribution in [1.82, 2.24) is 24.8 Å². The summed E-state index contributed by atoms with van der Waals surface area (Å²) in [5.74, 6) is -1.84. The van der Waals surface area contributed by atoms with Crippen molar-refractivity contribution in [2.24, 2.45) is 11.8 Å². The molecule has 3 aromatic rings. The number of aliphatic hydroxyl groups is 1. The summed E-state index contributed by atoms with van der Waals surface area (Å²) in [5.41, 5.74) is 0.885. The number of carbonyl (C=O) groups is 3. The van der Waals surface area contributed by atoms with E-state index < -0.39 is 29.6 Å². The van der Waals surface area contributed by atoms with Crippen LogP contribution in [0.4, 0.5) is 5.69 Å². The van der Waals surface area contributed by atoms with Crippen molar-refractivity contribution in [2.75, 3.05) is 37.7 Å². The van der Waals surface area contributed by atoms with Gasteiger partial charge in [-0.15, -0.1) is 18.3 Å². The summed E-state index contributed by atoms with van der Waals surface area (Å²) < 4.78 is 14.1. The monoisotopic (exact) mass is 734 g/mol. The first-order valence-corrected chi connectivity index (χ1v) is 17.8. The first-order chi connectivity index (χ1) is 23.8. The van der Waals surface area contributed by atoms with Gasteiger partial charge in [0.15, 0.2) is 0 Å². The third-order valence-electron chi connectivity index (χ3n) is 9.79. The van der Waals surface area contributed by atoms with Crippen molar-refractivity contribution < 1.29 is 29.0 Å². The van der Waals surface area contributed by atoms with Crippen LogP contribution in [-0.2, 0) is 25.8 Å². The van der Waals surface area contributed by atoms with Gasteiger partial charge < -0.3 is 29.3 Å². The predicted molar refractivity (Wildman–Crippen MR) is 188 cm³/mol. The van der Waals surface area contributed by atoms with Gasteiger partial charge in [-0.1, -0.05) is 45.4 Å². The topological polar surface area (TPSA) is 130 Å². The summed E-state index contributed by atoms with van der Waals surface area (Å²) in [6.45, 7) is 11.1. The van der Waals surface area contributed by atoms with E-state index in [0.717, 1.165) is 5.52 Å². The lowest BCUT2D eigenvalue weighted by Crippen LogP contribution is -2.57. The molecule has 12 nitrogen and oxygen atoms in total. The van der Waals surface area contributed by atoms with Crippen molar-refractivity contribution in [2.45, 2.75) is 61.8 Å². The number of carbonyl (C=O) groups excluding carboxylic acids is 3. The van der Waals surface area contributed by atoms with Crippen molar-refractivity contribution in [3.63, 3.8) is 0 Å². The van der Waals surface area contributed by atoms with Gasteiger partial charge in [-0.3, -0.25) is 14.4 Å². The normalized spacial score (nSPS) is 25.4. The number of nitrogens with zero attached hydrogens (tertiary/aromatic N) is 6. The Morgan fingerprint density at radius 1 is 1.10 bits per heavy atom. The van der Waals surface area contributed by atoms with Crippen LogP contribution in [0.3, 0.4) is 0 Å². The number of halogens is 1. The number of likely N-dealkylation sites (tertiary alicyclic amines) is 1. The Kier molecular flexibility index (Phi) is 10.5. The molecule has 0 radical (unpaired) electrons. The largest absolute Gasteiger partial charge is 0.494 e. The van der Waals surface area contributed by atoms with E-state index in [0.29, 0.717) is 55.8 Å². The molecule has 2 aromatic carbocycles. The Morgan fingerprint density at radius 3 is 2.57 bits per heavy atom. The van der Waals surface area contributed by atoms with Gasteiger partial charge in [0.2, 0.25) is 17.7 Å². The number of aromatic nitrogens is 3. The number of unbranched alkanes of at least 4 members (excludes halogenated alkanes) is 2. The quantitative estimate of drug-likeness (QED) is 0.133. The Balaban J connectivity index is 1.36. The van der Waals surface area contributed by atoms with Gasteiger partial charge >= 0.3 is 0 Å². The van der Waals surface area contributed by atoms with Crippen molar-refractivity contribution in [3.8, 4) is 5.75 Å². The average molecular weight is 736 g/mol. The van der Waals surface area contributed by atoms with Crippen LogP contribution in [0.2, 0.25) is 0 Å². The van der Waals surface area contributed by atoms with E-state index in [1.54, 1.807) is 31.5 Å². The van der Waals surface area contributed by atoms with E-state index in [4.69, 9.17) is 9.47 Å². The number of anilines is 1. The van der Waals surface area contributed by atoms with Gasteiger partial charge in [-0.25, -0.2) is 4.68 Å². The number of fused-ring (bicyclic) bond motifs is 2. The van der Waals surface area contributed by atoms with Crippen LogP contribution >= 0.6 is 15.9 Å². The van der Waals surface area contributed by atoms with E-state index >= 15 is 0 Å². The van der Waals surface area contributed by atoms with Gasteiger partial charge in [0, 0.05) is 36.8 Å². The van der Waals surface area contributed by atoms with Gasteiger partial charge in [0.25, 0.3) is 0 Å². The van der Waals surface area contributed by atoms with E-state index in [1.165, 1.54) is 0 Å². The Labute approximate surface area is 294 Å². The Bertz CT molecular complexity index is 1700. The molecule has 3 amide bonds. The molecule has 3 aliphatic rings. The van der Waals surface area contributed by atoms with Crippen LogP contribution in [0.15, 0.2) is 73.8 Å². The minimum absolute atomic E-state index is 0.0408. The van der Waals surface area contributed by atoms with E-state index in [9.17, 15) is 19.5 Å². The number of para-hydroxylation sites is 1. The molecule has 2 bridgehead atoms. The Morgan fingerprint density at radius 2 is 1.86 bits per heavy atom. The second-order valence-corrected chi connectivity index (χ2v) is 13.9. The van der Waals surface area contributed by atoms with Crippen LogP contribution in [0.25, 0.3) is 11.0 Å². The second kappa shape index (κ2) is 14.8. The number of hydrogen-bond acceptors (Lipinski definition) is 8. The molecule has 1 aromatic heterocycles. The molecule has 0 aliphatic carbocycles. The molecule has 6 atom stereocenters. The minimum Gasteiger partial charge on any atom is -0.494 e. The molecule has 3 unspecified atom stereocenters. The van der Waals surface area contributed by atoms with Crippen molar-refractivity contribution >= 4 is 50.4 Å². The SMILES string of the molecule is C=CCN(Cn1nnc2ccccc21)C(=O)C1N(CCCCCO)C(=O)[C@@H]2[C@H](C(=O)N(CC=C)c3ccc(OCC)cc3)[C@H]3OC12CC3Br. The third kappa shape index (κ3) is 6.28. The van der Waals surface area contributed by atoms with E-state index in [-0.39, 0.29) is 48.9 Å². The highest BCUT2D eigenvalue weighted by Gasteiger charge is 2.76. The van der Waals surface area contributed by atoms with Gasteiger partial charge in [-0.05, 0) is 69.0 Å². The van der Waals surface area contributed by atoms with Crippen LogP contribution in [0.5, 0.6) is 5.75 Å². The molecule has 4 heterocycles. The standard InChI is InChI=1S/C36H43BrN6O6/c1-4-18-40(23-43-28-13-9-8-12-27(28)38-39-43)35(47)32-36-22-26(37)31(49-36)29(30(36)34(46)42(32)20-10-7-11-21-44)33(45)41(19-5-2)24-14-16-25(17-15-24)48-6-3/h4-5,8-9,12-17,26,29-32,44H,1-2,6-7,10-11,18-23H2,3H3/t26?,29-,30-,31-,32?,36?/m0/s1. The lowest BCUT2D eigenvalue weighted by molar-refractivity contribution is -0.149. The zero-order valence-electron chi connectivity index (χ0n) is 27.7. The third-order valence-corrected chi connectivity index (χ3v) is 10.6. The van der Waals surface area contributed by atoms with Crippen LogP contribution in [0, 0.1) is 11.8 Å². The maximum absolute atomic E-state index is 14.9. The lowest BCUT2D eigenvalue weighted by Gasteiger charge is -2.37. The van der Waals surface area contributed by atoms with Gasteiger partial charge in [0.05, 0.1) is 30.1 Å². The highest BCUT2D eigenvalue weighted by atomic mass is 79.9. The molecular formula is C36H43BrN6O6. The number of benzene rings is 2. The van der Waals surface area contributed by atoms with Crippen LogP contribution in [-0.4, -0.2) is 103 Å². The second-order valence-electron chi connectivity index (χ2n) is 12.7. The summed E-state index contributed by atoms with van der Waals surface area (Å²) in [4.78, 5) is 48.7. The lowest BCUT2D eigenvalue weighted by atomic mass is 9.70. The fourth-order valence-corrected chi connectivity index (χ4v) is 8.70. The summed E-state index contributed by atoms with van der Waals surface area (Å²) in [6.07, 6.45) is 4.92. The van der Waals surface area contributed by atoms with E-state index in [1.807, 2.05) is 55.5 Å². The molecule has 6 rings (SSSR count). The first-order valence-electron chi connectivity index (χ1n) is 16.9. The number of aliphatic hydroxyl groups excluding tert-OH is 1. The molecular weight excluding hydrogens is 692 g/mol. The molecule has 49 heavy (non-hydrogen) atoms. The summed E-state index contributed by atoms with van der Waals surface area (Å²) in [6, 6.07) is 13.8. The molecule has 3 fully saturated rings.